The lowest BCUT2D eigenvalue weighted by Gasteiger charge is -2.11. The SMILES string of the molecule is C[C@@H](C(=O)Nc1cccc(Cl)c1)n1nc(-c2cccs2)oc1=O. The molecule has 3 rings (SSSR count). The van der Waals surface area contributed by atoms with Crippen molar-refractivity contribution in [2.24, 2.45) is 0 Å². The average Bonchev–Trinajstić information content (AvgIpc) is 3.15. The van der Waals surface area contributed by atoms with Gasteiger partial charge in [-0.2, -0.15) is 4.68 Å². The van der Waals surface area contributed by atoms with E-state index in [9.17, 15) is 9.59 Å². The minimum atomic E-state index is -0.820. The van der Waals surface area contributed by atoms with Gasteiger partial charge in [-0.3, -0.25) is 4.79 Å². The molecule has 0 saturated heterocycles. The molecule has 1 N–H and O–H groups in total. The number of nitrogens with zero attached hydrogens (tertiary/aromatic N) is 2. The Hall–Kier alpha value is -2.38. The fraction of sp³-hybridized carbons (Fsp3) is 0.133. The number of carbonyl (C=O) groups excluding carboxylic acids is 1. The number of nitrogens with one attached hydrogen (secondary N) is 1. The summed E-state index contributed by atoms with van der Waals surface area (Å²) >= 11 is 7.28. The van der Waals surface area contributed by atoms with Gasteiger partial charge in [0.1, 0.15) is 6.04 Å². The third-order valence-electron chi connectivity index (χ3n) is 3.14. The predicted molar refractivity (Wildman–Crippen MR) is 88.9 cm³/mol. The van der Waals surface area contributed by atoms with Crippen LogP contribution in [0.5, 0.6) is 0 Å². The summed E-state index contributed by atoms with van der Waals surface area (Å²) in [5.41, 5.74) is 0.546. The highest BCUT2D eigenvalue weighted by atomic mass is 35.5. The van der Waals surface area contributed by atoms with E-state index in [-0.39, 0.29) is 11.8 Å². The summed E-state index contributed by atoms with van der Waals surface area (Å²) in [4.78, 5) is 24.9. The van der Waals surface area contributed by atoms with Gasteiger partial charge in [0.05, 0.1) is 4.88 Å². The zero-order valence-electron chi connectivity index (χ0n) is 12.0. The normalized spacial score (nSPS) is 12.1. The molecule has 8 heteroatoms. The molecule has 1 aromatic carbocycles. The van der Waals surface area contributed by atoms with Crippen molar-refractivity contribution in [2.45, 2.75) is 13.0 Å². The molecule has 0 saturated carbocycles. The van der Waals surface area contributed by atoms with Crippen LogP contribution in [0.4, 0.5) is 5.69 Å². The maximum absolute atomic E-state index is 12.3. The van der Waals surface area contributed by atoms with Crippen LogP contribution < -0.4 is 11.1 Å². The zero-order valence-corrected chi connectivity index (χ0v) is 13.6. The van der Waals surface area contributed by atoms with Gasteiger partial charge in [-0.25, -0.2) is 4.79 Å². The minimum absolute atomic E-state index is 0.201. The van der Waals surface area contributed by atoms with Gasteiger partial charge in [-0.1, -0.05) is 23.7 Å². The average molecular weight is 350 g/mol. The molecule has 2 heterocycles. The third kappa shape index (κ3) is 3.35. The van der Waals surface area contributed by atoms with Crippen molar-refractivity contribution in [3.8, 4) is 10.8 Å². The van der Waals surface area contributed by atoms with Crippen molar-refractivity contribution in [2.75, 3.05) is 5.32 Å². The van der Waals surface area contributed by atoms with Crippen LogP contribution in [0.15, 0.2) is 51.0 Å². The van der Waals surface area contributed by atoms with Crippen LogP contribution in [0.3, 0.4) is 0 Å². The molecule has 0 radical (unpaired) electrons. The van der Waals surface area contributed by atoms with E-state index in [1.807, 2.05) is 11.4 Å². The fourth-order valence-corrected chi connectivity index (χ4v) is 2.79. The molecular weight excluding hydrogens is 338 g/mol. The highest BCUT2D eigenvalue weighted by Crippen LogP contribution is 2.22. The van der Waals surface area contributed by atoms with Crippen LogP contribution in [0.1, 0.15) is 13.0 Å². The first-order valence-corrected chi connectivity index (χ1v) is 8.00. The molecule has 118 valence electrons. The number of hydrogen-bond donors (Lipinski definition) is 1. The van der Waals surface area contributed by atoms with Gasteiger partial charge in [0.25, 0.3) is 5.89 Å². The number of halogens is 1. The summed E-state index contributed by atoms with van der Waals surface area (Å²) in [5.74, 6) is -0.866. The van der Waals surface area contributed by atoms with Crippen LogP contribution in [0, 0.1) is 0 Å². The summed E-state index contributed by atoms with van der Waals surface area (Å²) < 4.78 is 6.13. The van der Waals surface area contributed by atoms with E-state index in [0.717, 1.165) is 9.56 Å². The smallest absolute Gasteiger partial charge is 0.387 e. The lowest BCUT2D eigenvalue weighted by atomic mass is 10.3. The molecule has 23 heavy (non-hydrogen) atoms. The summed E-state index contributed by atoms with van der Waals surface area (Å²) in [6.07, 6.45) is 0. The van der Waals surface area contributed by atoms with Crippen molar-refractivity contribution in [1.82, 2.24) is 9.78 Å². The van der Waals surface area contributed by atoms with E-state index in [4.69, 9.17) is 16.0 Å². The molecule has 3 aromatic rings. The number of carbonyl (C=O) groups is 1. The minimum Gasteiger partial charge on any atom is -0.387 e. The molecule has 0 bridgehead atoms. The van der Waals surface area contributed by atoms with Crippen LogP contribution in [0.2, 0.25) is 5.02 Å². The second-order valence-electron chi connectivity index (χ2n) is 4.77. The molecular formula is C15H12ClN3O3S. The lowest BCUT2D eigenvalue weighted by molar-refractivity contribution is -0.119. The molecule has 6 nitrogen and oxygen atoms in total. The third-order valence-corrected chi connectivity index (χ3v) is 4.23. The first-order chi connectivity index (χ1) is 11.0. The van der Waals surface area contributed by atoms with E-state index < -0.39 is 11.8 Å². The van der Waals surface area contributed by atoms with Crippen molar-refractivity contribution in [1.29, 1.82) is 0 Å². The molecule has 0 fully saturated rings. The van der Waals surface area contributed by atoms with Gasteiger partial charge in [-0.15, -0.1) is 16.4 Å². The molecule has 1 amide bonds. The number of aromatic nitrogens is 2. The molecule has 2 aromatic heterocycles. The summed E-state index contributed by atoms with van der Waals surface area (Å²) in [7, 11) is 0. The molecule has 1 atom stereocenters. The number of anilines is 1. The lowest BCUT2D eigenvalue weighted by Crippen LogP contribution is -2.30. The van der Waals surface area contributed by atoms with Crippen molar-refractivity contribution in [3.05, 3.63) is 57.4 Å². The molecule has 0 aliphatic heterocycles. The monoisotopic (exact) mass is 349 g/mol. The quantitative estimate of drug-likeness (QED) is 0.783. The van der Waals surface area contributed by atoms with E-state index in [0.29, 0.717) is 10.7 Å². The second kappa shape index (κ2) is 6.39. The number of thiophene rings is 1. The Morgan fingerprint density at radius 3 is 2.91 bits per heavy atom. The number of amides is 1. The largest absolute Gasteiger partial charge is 0.438 e. The predicted octanol–water partition coefficient (Wildman–Crippen LogP) is 3.42. The highest BCUT2D eigenvalue weighted by Gasteiger charge is 2.22. The van der Waals surface area contributed by atoms with Gasteiger partial charge in [0.2, 0.25) is 5.91 Å². The first kappa shape index (κ1) is 15.5. The van der Waals surface area contributed by atoms with E-state index in [1.54, 1.807) is 37.3 Å². The summed E-state index contributed by atoms with van der Waals surface area (Å²) in [6.45, 7) is 1.57. The topological polar surface area (TPSA) is 77.1 Å². The van der Waals surface area contributed by atoms with Crippen LogP contribution in [-0.2, 0) is 4.79 Å². The Morgan fingerprint density at radius 1 is 1.39 bits per heavy atom. The van der Waals surface area contributed by atoms with E-state index in [2.05, 4.69) is 10.4 Å². The maximum Gasteiger partial charge on any atom is 0.438 e. The number of benzene rings is 1. The Kier molecular flexibility index (Phi) is 4.31. The molecule has 0 spiro atoms. The maximum atomic E-state index is 12.3. The Bertz CT molecular complexity index is 886. The van der Waals surface area contributed by atoms with E-state index >= 15 is 0 Å². The molecule has 0 aliphatic rings. The Balaban J connectivity index is 1.81. The second-order valence-corrected chi connectivity index (χ2v) is 6.15. The van der Waals surface area contributed by atoms with Gasteiger partial charge in [0, 0.05) is 10.7 Å². The van der Waals surface area contributed by atoms with Gasteiger partial charge >= 0.3 is 5.76 Å². The first-order valence-electron chi connectivity index (χ1n) is 6.74. The van der Waals surface area contributed by atoms with E-state index in [1.165, 1.54) is 11.3 Å². The van der Waals surface area contributed by atoms with Crippen LogP contribution in [-0.4, -0.2) is 15.7 Å². The number of rotatable bonds is 4. The Morgan fingerprint density at radius 2 is 2.22 bits per heavy atom. The number of hydrogen-bond acceptors (Lipinski definition) is 5. The highest BCUT2D eigenvalue weighted by molar-refractivity contribution is 7.13. The van der Waals surface area contributed by atoms with Gasteiger partial charge in [-0.05, 0) is 36.6 Å². The van der Waals surface area contributed by atoms with Crippen LogP contribution in [0.25, 0.3) is 10.8 Å². The Labute approximate surface area is 140 Å². The van der Waals surface area contributed by atoms with Crippen LogP contribution >= 0.6 is 22.9 Å². The van der Waals surface area contributed by atoms with Gasteiger partial charge < -0.3 is 9.73 Å². The summed E-state index contributed by atoms with van der Waals surface area (Å²) in [5, 5.41) is 9.14. The van der Waals surface area contributed by atoms with Gasteiger partial charge in [0.15, 0.2) is 0 Å². The standard InChI is InChI=1S/C15H12ClN3O3S/c1-9(13(20)17-11-5-2-4-10(16)8-11)19-15(21)22-14(18-19)12-6-3-7-23-12/h2-9H,1H3,(H,17,20)/t9-/m0/s1. The fourth-order valence-electron chi connectivity index (χ4n) is 1.96. The molecule has 0 aliphatic carbocycles. The van der Waals surface area contributed by atoms with Crippen molar-refractivity contribution < 1.29 is 9.21 Å². The summed E-state index contributed by atoms with van der Waals surface area (Å²) in [6, 6.07) is 9.55. The van der Waals surface area contributed by atoms with Crippen molar-refractivity contribution in [3.63, 3.8) is 0 Å². The van der Waals surface area contributed by atoms with Crippen molar-refractivity contribution >= 4 is 34.5 Å². The molecule has 0 unspecified atom stereocenters. The zero-order chi connectivity index (χ0) is 16.4.